The maximum atomic E-state index is 12.6. The number of piperazine rings is 1. The highest BCUT2D eigenvalue weighted by Crippen LogP contribution is 2.36. The molecule has 5 rings (SSSR count). The third-order valence-corrected chi connectivity index (χ3v) is 6.94. The van der Waals surface area contributed by atoms with Crippen LogP contribution >= 0.6 is 0 Å². The monoisotopic (exact) mass is 437 g/mol. The quantitative estimate of drug-likeness (QED) is 0.662. The van der Waals surface area contributed by atoms with E-state index in [4.69, 9.17) is 5.73 Å². The molecule has 2 aromatic rings. The molecule has 4 N–H and O–H groups in total. The first-order valence-corrected chi connectivity index (χ1v) is 11.5. The molecule has 2 unspecified atom stereocenters. The fraction of sp³-hybridized carbons (Fsp3) is 0.522. The van der Waals surface area contributed by atoms with Crippen molar-refractivity contribution in [2.75, 3.05) is 31.5 Å². The lowest BCUT2D eigenvalue weighted by molar-refractivity contribution is 0.120. The Morgan fingerprint density at radius 1 is 1.09 bits per heavy atom. The molecule has 2 atom stereocenters. The van der Waals surface area contributed by atoms with Crippen LogP contribution in [0.1, 0.15) is 31.2 Å². The minimum Gasteiger partial charge on any atom is -0.328 e. The van der Waals surface area contributed by atoms with E-state index in [0.29, 0.717) is 31.2 Å². The molecule has 0 saturated carbocycles. The van der Waals surface area contributed by atoms with Crippen LogP contribution in [0.3, 0.4) is 0 Å². The number of nitrogens with one attached hydrogen (secondary N) is 2. The largest absolute Gasteiger partial charge is 0.354 e. The standard InChI is InChI=1S/C23H31N7O2/c24-17-13-19-5-6-20(14-17)30(19)15-16-1-3-18(4-2-16)29-10-7-21(27-23(29)32)26-22(31)28-11-8-25-9-12-28/h1-4,7,10,17,19-20,25H,5-6,8-9,11-15,24H2,(H,26,27,31,32). The number of carbonyl (C=O) groups is 1. The second-order valence-corrected chi connectivity index (χ2v) is 9.09. The van der Waals surface area contributed by atoms with E-state index < -0.39 is 5.69 Å². The van der Waals surface area contributed by atoms with Crippen molar-refractivity contribution in [1.82, 2.24) is 24.7 Å². The number of rotatable bonds is 4. The molecule has 2 amide bonds. The van der Waals surface area contributed by atoms with Crippen molar-refractivity contribution < 1.29 is 4.79 Å². The molecule has 4 heterocycles. The average Bonchev–Trinajstić information content (AvgIpc) is 3.03. The number of hydrogen-bond acceptors (Lipinski definition) is 6. The molecule has 2 bridgehead atoms. The first-order valence-electron chi connectivity index (χ1n) is 11.5. The van der Waals surface area contributed by atoms with E-state index >= 15 is 0 Å². The minimum atomic E-state index is -0.418. The van der Waals surface area contributed by atoms with Crippen LogP contribution in [0.25, 0.3) is 5.69 Å². The lowest BCUT2D eigenvalue weighted by Crippen LogP contribution is -2.48. The van der Waals surface area contributed by atoms with Crippen molar-refractivity contribution >= 4 is 11.8 Å². The van der Waals surface area contributed by atoms with Gasteiger partial charge in [0, 0.05) is 57.0 Å². The summed E-state index contributed by atoms with van der Waals surface area (Å²) in [7, 11) is 0. The van der Waals surface area contributed by atoms with E-state index in [1.54, 1.807) is 17.2 Å². The summed E-state index contributed by atoms with van der Waals surface area (Å²) in [6.45, 7) is 3.74. The highest BCUT2D eigenvalue weighted by Gasteiger charge is 2.39. The van der Waals surface area contributed by atoms with Gasteiger partial charge >= 0.3 is 11.7 Å². The van der Waals surface area contributed by atoms with E-state index in [-0.39, 0.29) is 11.8 Å². The van der Waals surface area contributed by atoms with E-state index in [1.807, 2.05) is 12.1 Å². The van der Waals surface area contributed by atoms with Gasteiger partial charge in [-0.3, -0.25) is 14.8 Å². The number of fused-ring (bicyclic) bond motifs is 2. The number of amides is 2. The molecular weight excluding hydrogens is 406 g/mol. The number of nitrogens with two attached hydrogens (primary N) is 1. The van der Waals surface area contributed by atoms with Gasteiger partial charge < -0.3 is 16.0 Å². The number of anilines is 1. The lowest BCUT2D eigenvalue weighted by atomic mass is 9.97. The molecule has 1 aromatic carbocycles. The molecule has 0 radical (unpaired) electrons. The predicted molar refractivity (Wildman–Crippen MR) is 123 cm³/mol. The number of carbonyl (C=O) groups excluding carboxylic acids is 1. The topological polar surface area (TPSA) is 109 Å². The molecule has 9 nitrogen and oxygen atoms in total. The van der Waals surface area contributed by atoms with Crippen LogP contribution in [-0.4, -0.2) is 69.7 Å². The summed E-state index contributed by atoms with van der Waals surface area (Å²) in [5.74, 6) is 0.269. The van der Waals surface area contributed by atoms with Gasteiger partial charge in [0.1, 0.15) is 5.82 Å². The number of piperidine rings is 1. The zero-order valence-electron chi connectivity index (χ0n) is 18.2. The number of hydrogen-bond donors (Lipinski definition) is 3. The summed E-state index contributed by atoms with van der Waals surface area (Å²) in [4.78, 5) is 33.3. The Hall–Kier alpha value is -2.75. The van der Waals surface area contributed by atoms with Crippen LogP contribution < -0.4 is 22.1 Å². The molecule has 0 aliphatic carbocycles. The van der Waals surface area contributed by atoms with Crippen molar-refractivity contribution in [3.63, 3.8) is 0 Å². The van der Waals surface area contributed by atoms with Crippen LogP contribution in [0.4, 0.5) is 10.6 Å². The number of urea groups is 1. The second-order valence-electron chi connectivity index (χ2n) is 9.09. The van der Waals surface area contributed by atoms with Gasteiger partial charge in [-0.05, 0) is 49.4 Å². The van der Waals surface area contributed by atoms with Gasteiger partial charge in [-0.25, -0.2) is 9.59 Å². The van der Waals surface area contributed by atoms with Crippen molar-refractivity contribution in [2.24, 2.45) is 5.73 Å². The van der Waals surface area contributed by atoms with Gasteiger partial charge in [0.25, 0.3) is 0 Å². The van der Waals surface area contributed by atoms with Crippen LogP contribution in [0, 0.1) is 0 Å². The molecule has 1 aromatic heterocycles. The van der Waals surface area contributed by atoms with Crippen LogP contribution in [0.5, 0.6) is 0 Å². The van der Waals surface area contributed by atoms with Crippen molar-refractivity contribution in [3.8, 4) is 5.69 Å². The first-order chi connectivity index (χ1) is 15.6. The number of benzene rings is 1. The SMILES string of the molecule is NC1CC2CCC(C1)N2Cc1ccc(-n2ccc(NC(=O)N3CCNCC3)nc2=O)cc1. The summed E-state index contributed by atoms with van der Waals surface area (Å²) >= 11 is 0. The normalized spacial score (nSPS) is 25.7. The van der Waals surface area contributed by atoms with Crippen LogP contribution in [-0.2, 0) is 6.54 Å². The zero-order valence-corrected chi connectivity index (χ0v) is 18.2. The Balaban J connectivity index is 1.24. The molecule has 3 aliphatic heterocycles. The molecule has 9 heteroatoms. The van der Waals surface area contributed by atoms with E-state index in [9.17, 15) is 9.59 Å². The summed E-state index contributed by atoms with van der Waals surface area (Å²) in [6, 6.07) is 11.0. The molecule has 3 saturated heterocycles. The lowest BCUT2D eigenvalue weighted by Gasteiger charge is -2.37. The van der Waals surface area contributed by atoms with Crippen LogP contribution in [0.15, 0.2) is 41.3 Å². The number of aromatic nitrogens is 2. The maximum absolute atomic E-state index is 12.6. The Labute approximate surface area is 187 Å². The van der Waals surface area contributed by atoms with E-state index in [2.05, 4.69) is 32.7 Å². The van der Waals surface area contributed by atoms with Gasteiger partial charge in [0.05, 0.1) is 5.69 Å². The fourth-order valence-electron chi connectivity index (χ4n) is 5.27. The predicted octanol–water partition coefficient (Wildman–Crippen LogP) is 1.12. The highest BCUT2D eigenvalue weighted by atomic mass is 16.2. The third kappa shape index (κ3) is 4.41. The zero-order chi connectivity index (χ0) is 22.1. The molecule has 170 valence electrons. The van der Waals surface area contributed by atoms with Gasteiger partial charge in [-0.15, -0.1) is 0 Å². The average molecular weight is 438 g/mol. The third-order valence-electron chi connectivity index (χ3n) is 6.94. The Kier molecular flexibility index (Phi) is 5.95. The van der Waals surface area contributed by atoms with E-state index in [0.717, 1.165) is 38.2 Å². The summed E-state index contributed by atoms with van der Waals surface area (Å²) in [5, 5.41) is 5.93. The van der Waals surface area contributed by atoms with Gasteiger partial charge in [0.2, 0.25) is 0 Å². The Bertz CT molecular complexity index is 1000. The molecule has 0 spiro atoms. The van der Waals surface area contributed by atoms with E-state index in [1.165, 1.54) is 23.0 Å². The second kappa shape index (κ2) is 9.01. The maximum Gasteiger partial charge on any atom is 0.354 e. The van der Waals surface area contributed by atoms with Crippen molar-refractivity contribution in [1.29, 1.82) is 0 Å². The van der Waals surface area contributed by atoms with Crippen LogP contribution in [0.2, 0.25) is 0 Å². The van der Waals surface area contributed by atoms with Gasteiger partial charge in [-0.1, -0.05) is 12.1 Å². The summed E-state index contributed by atoms with van der Waals surface area (Å²) < 4.78 is 1.49. The Morgan fingerprint density at radius 3 is 2.44 bits per heavy atom. The smallest absolute Gasteiger partial charge is 0.328 e. The molecule has 3 aliphatic rings. The summed E-state index contributed by atoms with van der Waals surface area (Å²) in [6.07, 6.45) is 6.33. The first kappa shape index (κ1) is 21.1. The van der Waals surface area contributed by atoms with Crippen molar-refractivity contribution in [2.45, 2.75) is 50.4 Å². The molecule has 32 heavy (non-hydrogen) atoms. The van der Waals surface area contributed by atoms with Gasteiger partial charge in [-0.2, -0.15) is 4.98 Å². The highest BCUT2D eigenvalue weighted by molar-refractivity contribution is 5.88. The molecular formula is C23H31N7O2. The summed E-state index contributed by atoms with van der Waals surface area (Å²) in [5.41, 5.74) is 7.77. The molecule has 3 fully saturated rings. The Morgan fingerprint density at radius 2 is 1.78 bits per heavy atom. The van der Waals surface area contributed by atoms with Gasteiger partial charge in [0.15, 0.2) is 0 Å². The fourth-order valence-corrected chi connectivity index (χ4v) is 5.27. The number of nitrogens with zero attached hydrogens (tertiary/aromatic N) is 4. The minimum absolute atomic E-state index is 0.229. The van der Waals surface area contributed by atoms with Crippen molar-refractivity contribution in [3.05, 3.63) is 52.6 Å².